The van der Waals surface area contributed by atoms with Crippen molar-refractivity contribution in [3.05, 3.63) is 10.9 Å². The molecule has 18 heavy (non-hydrogen) atoms. The molecular weight excluding hydrogens is 264 g/mol. The molecule has 0 atom stereocenters. The molecule has 2 N–H and O–H groups in total. The van der Waals surface area contributed by atoms with Crippen molar-refractivity contribution >= 4 is 45.1 Å². The van der Waals surface area contributed by atoms with Crippen molar-refractivity contribution < 1.29 is 0 Å². The molecule has 0 unspecified atom stereocenters. The SMILES string of the molecule is CCc1cc2c(N3CCSCC3)nc(N)nc2s1. The molecule has 1 fully saturated rings. The summed E-state index contributed by atoms with van der Waals surface area (Å²) in [5.74, 6) is 3.74. The molecule has 0 amide bonds. The van der Waals surface area contributed by atoms with Crippen LogP contribution in [0.3, 0.4) is 0 Å². The number of thioether (sulfide) groups is 1. The summed E-state index contributed by atoms with van der Waals surface area (Å²) >= 11 is 3.73. The molecule has 6 heteroatoms. The molecule has 0 aromatic carbocycles. The van der Waals surface area contributed by atoms with Crippen molar-refractivity contribution in [2.75, 3.05) is 35.2 Å². The third-order valence-corrected chi connectivity index (χ3v) is 5.22. The summed E-state index contributed by atoms with van der Waals surface area (Å²) in [6.07, 6.45) is 1.04. The third kappa shape index (κ3) is 2.14. The lowest BCUT2D eigenvalue weighted by atomic mass is 10.3. The van der Waals surface area contributed by atoms with Crippen LogP contribution < -0.4 is 10.6 Å². The number of nitrogens with zero attached hydrogens (tertiary/aromatic N) is 3. The van der Waals surface area contributed by atoms with Crippen molar-refractivity contribution in [3.8, 4) is 0 Å². The molecule has 0 saturated carbocycles. The van der Waals surface area contributed by atoms with Gasteiger partial charge < -0.3 is 10.6 Å². The molecule has 0 spiro atoms. The number of hydrogen-bond acceptors (Lipinski definition) is 6. The van der Waals surface area contributed by atoms with E-state index >= 15 is 0 Å². The van der Waals surface area contributed by atoms with Crippen LogP contribution in [0.25, 0.3) is 10.2 Å². The van der Waals surface area contributed by atoms with Crippen LogP contribution in [-0.4, -0.2) is 34.6 Å². The van der Waals surface area contributed by atoms with Crippen LogP contribution in [0.5, 0.6) is 0 Å². The summed E-state index contributed by atoms with van der Waals surface area (Å²) in [5.41, 5.74) is 5.83. The van der Waals surface area contributed by atoms with Crippen LogP contribution >= 0.6 is 23.1 Å². The topological polar surface area (TPSA) is 55.0 Å². The first-order chi connectivity index (χ1) is 8.78. The van der Waals surface area contributed by atoms with Crippen LogP contribution in [0.4, 0.5) is 11.8 Å². The van der Waals surface area contributed by atoms with Gasteiger partial charge in [0.05, 0.1) is 5.39 Å². The van der Waals surface area contributed by atoms with E-state index in [9.17, 15) is 0 Å². The number of rotatable bonds is 2. The lowest BCUT2D eigenvalue weighted by Crippen LogP contribution is -2.33. The Morgan fingerprint density at radius 2 is 2.11 bits per heavy atom. The first-order valence-corrected chi connectivity index (χ1v) is 8.13. The van der Waals surface area contributed by atoms with E-state index in [0.29, 0.717) is 5.95 Å². The molecule has 0 radical (unpaired) electrons. The maximum atomic E-state index is 5.83. The van der Waals surface area contributed by atoms with Gasteiger partial charge in [0.1, 0.15) is 10.6 Å². The summed E-state index contributed by atoms with van der Waals surface area (Å²) < 4.78 is 0. The van der Waals surface area contributed by atoms with Crippen LogP contribution in [0.15, 0.2) is 6.07 Å². The average molecular weight is 280 g/mol. The normalized spacial score (nSPS) is 16.4. The predicted octanol–water partition coefficient (Wildman–Crippen LogP) is 2.39. The van der Waals surface area contributed by atoms with Gasteiger partial charge in [-0.05, 0) is 12.5 Å². The largest absolute Gasteiger partial charge is 0.368 e. The van der Waals surface area contributed by atoms with Gasteiger partial charge in [-0.1, -0.05) is 6.92 Å². The average Bonchev–Trinajstić information content (AvgIpc) is 2.81. The van der Waals surface area contributed by atoms with E-state index in [4.69, 9.17) is 5.73 Å². The van der Waals surface area contributed by atoms with Gasteiger partial charge >= 0.3 is 0 Å². The van der Waals surface area contributed by atoms with Gasteiger partial charge in [0.15, 0.2) is 0 Å². The van der Waals surface area contributed by atoms with Crippen LogP contribution in [0.2, 0.25) is 0 Å². The van der Waals surface area contributed by atoms with E-state index in [2.05, 4.69) is 27.9 Å². The lowest BCUT2D eigenvalue weighted by Gasteiger charge is -2.27. The fraction of sp³-hybridized carbons (Fsp3) is 0.500. The number of anilines is 2. The molecule has 0 aliphatic carbocycles. The second-order valence-electron chi connectivity index (χ2n) is 4.29. The Balaban J connectivity index is 2.10. The molecule has 96 valence electrons. The second-order valence-corrected chi connectivity index (χ2v) is 6.63. The Morgan fingerprint density at radius 1 is 1.33 bits per heavy atom. The fourth-order valence-corrected chi connectivity index (χ4v) is 4.03. The second kappa shape index (κ2) is 4.93. The minimum Gasteiger partial charge on any atom is -0.368 e. The monoisotopic (exact) mass is 280 g/mol. The minimum absolute atomic E-state index is 0.389. The highest BCUT2D eigenvalue weighted by Gasteiger charge is 2.18. The molecule has 1 aliphatic rings. The van der Waals surface area contributed by atoms with Gasteiger partial charge in [0.2, 0.25) is 5.95 Å². The Hall–Kier alpha value is -1.01. The Morgan fingerprint density at radius 3 is 2.83 bits per heavy atom. The van der Waals surface area contributed by atoms with Crippen LogP contribution in [0.1, 0.15) is 11.8 Å². The van der Waals surface area contributed by atoms with E-state index in [1.165, 1.54) is 4.88 Å². The van der Waals surface area contributed by atoms with Gasteiger partial charge in [-0.15, -0.1) is 11.3 Å². The molecule has 1 saturated heterocycles. The molecular formula is C12H16N4S2. The molecule has 3 heterocycles. The maximum Gasteiger partial charge on any atom is 0.223 e. The zero-order valence-corrected chi connectivity index (χ0v) is 12.0. The van der Waals surface area contributed by atoms with Gasteiger partial charge in [0, 0.05) is 29.5 Å². The highest BCUT2D eigenvalue weighted by atomic mass is 32.2. The van der Waals surface area contributed by atoms with Gasteiger partial charge in [-0.3, -0.25) is 0 Å². The van der Waals surface area contributed by atoms with Crippen molar-refractivity contribution in [3.63, 3.8) is 0 Å². The number of nitrogens with two attached hydrogens (primary N) is 1. The molecule has 3 rings (SSSR count). The zero-order valence-electron chi connectivity index (χ0n) is 10.3. The molecule has 2 aromatic rings. The standard InChI is InChI=1S/C12H16N4S2/c1-2-8-7-9-10(16-3-5-17-6-4-16)14-12(13)15-11(9)18-8/h7H,2-6H2,1H3,(H2,13,14,15). The Labute approximate surface area is 115 Å². The van der Waals surface area contributed by atoms with Gasteiger partial charge in [0.25, 0.3) is 0 Å². The zero-order chi connectivity index (χ0) is 12.5. The predicted molar refractivity (Wildman–Crippen MR) is 80.7 cm³/mol. The van der Waals surface area contributed by atoms with Gasteiger partial charge in [-0.2, -0.15) is 16.7 Å². The lowest BCUT2D eigenvalue weighted by molar-refractivity contribution is 0.844. The van der Waals surface area contributed by atoms with Crippen LogP contribution in [0, 0.1) is 0 Å². The maximum absolute atomic E-state index is 5.83. The van der Waals surface area contributed by atoms with Crippen molar-refractivity contribution in [2.24, 2.45) is 0 Å². The molecule has 0 bridgehead atoms. The van der Waals surface area contributed by atoms with E-state index in [1.807, 2.05) is 11.8 Å². The summed E-state index contributed by atoms with van der Waals surface area (Å²) in [6.45, 7) is 4.26. The molecule has 1 aliphatic heterocycles. The Kier molecular flexibility index (Phi) is 3.30. The highest BCUT2D eigenvalue weighted by molar-refractivity contribution is 7.99. The number of thiophene rings is 1. The summed E-state index contributed by atoms with van der Waals surface area (Å²) in [4.78, 5) is 13.5. The number of nitrogen functional groups attached to an aromatic ring is 1. The number of fused-ring (bicyclic) bond motifs is 1. The van der Waals surface area contributed by atoms with Crippen molar-refractivity contribution in [2.45, 2.75) is 13.3 Å². The highest BCUT2D eigenvalue weighted by Crippen LogP contribution is 2.32. The number of hydrogen-bond donors (Lipinski definition) is 1. The van der Waals surface area contributed by atoms with Crippen molar-refractivity contribution in [1.29, 1.82) is 0 Å². The van der Waals surface area contributed by atoms with E-state index < -0.39 is 0 Å². The smallest absolute Gasteiger partial charge is 0.223 e. The summed E-state index contributed by atoms with van der Waals surface area (Å²) in [7, 11) is 0. The van der Waals surface area contributed by atoms with E-state index in [-0.39, 0.29) is 0 Å². The van der Waals surface area contributed by atoms with E-state index in [0.717, 1.165) is 47.1 Å². The molecule has 2 aromatic heterocycles. The molecule has 4 nitrogen and oxygen atoms in total. The van der Waals surface area contributed by atoms with E-state index in [1.54, 1.807) is 11.3 Å². The first-order valence-electron chi connectivity index (χ1n) is 6.16. The summed E-state index contributed by atoms with van der Waals surface area (Å²) in [5, 5.41) is 1.16. The first kappa shape index (κ1) is 12.0. The third-order valence-electron chi connectivity index (χ3n) is 3.10. The fourth-order valence-electron chi connectivity index (χ4n) is 2.16. The Bertz CT molecular complexity index is 560. The van der Waals surface area contributed by atoms with Crippen molar-refractivity contribution in [1.82, 2.24) is 9.97 Å². The summed E-state index contributed by atoms with van der Waals surface area (Å²) in [6, 6.07) is 2.22. The number of aromatic nitrogens is 2. The number of aryl methyl sites for hydroxylation is 1. The minimum atomic E-state index is 0.389. The van der Waals surface area contributed by atoms with Gasteiger partial charge in [-0.25, -0.2) is 4.98 Å². The van der Waals surface area contributed by atoms with Crippen LogP contribution in [-0.2, 0) is 6.42 Å². The quantitative estimate of drug-likeness (QED) is 0.915.